The van der Waals surface area contributed by atoms with Crippen molar-refractivity contribution in [3.63, 3.8) is 0 Å². The number of benzene rings is 2. The number of rotatable bonds is 5. The number of aliphatic hydroxyl groups is 1. The molecule has 0 radical (unpaired) electrons. The molecular formula is C20H18FNO4. The zero-order valence-electron chi connectivity index (χ0n) is 14.4. The summed E-state index contributed by atoms with van der Waals surface area (Å²) in [6.45, 7) is 4.62. The molecule has 26 heavy (non-hydrogen) atoms. The normalized spacial score (nSPS) is 14.5. The molecule has 0 spiro atoms. The fraction of sp³-hybridized carbons (Fsp3) is 0.200. The van der Waals surface area contributed by atoms with Gasteiger partial charge in [-0.15, -0.1) is 0 Å². The van der Waals surface area contributed by atoms with Crippen molar-refractivity contribution in [2.45, 2.75) is 13.8 Å². The van der Waals surface area contributed by atoms with Crippen LogP contribution >= 0.6 is 0 Å². The third kappa shape index (κ3) is 3.31. The smallest absolute Gasteiger partial charge is 0.301 e. The number of carbonyl (C=O) groups is 2. The maximum atomic E-state index is 13.1. The molecule has 2 aromatic carbocycles. The van der Waals surface area contributed by atoms with Gasteiger partial charge in [0.15, 0.2) is 5.76 Å². The van der Waals surface area contributed by atoms with Crippen molar-refractivity contribution in [1.29, 1.82) is 0 Å². The Morgan fingerprint density at radius 1 is 1.00 bits per heavy atom. The highest BCUT2D eigenvalue weighted by molar-refractivity contribution is 6.44. The quantitative estimate of drug-likeness (QED) is 0.831. The van der Waals surface area contributed by atoms with Gasteiger partial charge in [0.05, 0.1) is 17.9 Å². The van der Waals surface area contributed by atoms with E-state index in [1.54, 1.807) is 24.3 Å². The van der Waals surface area contributed by atoms with Gasteiger partial charge in [0.25, 0.3) is 5.91 Å². The Hall–Kier alpha value is -3.15. The van der Waals surface area contributed by atoms with Gasteiger partial charge in [-0.05, 0) is 47.9 Å². The number of aliphatic hydroxyl groups excluding tert-OH is 1. The van der Waals surface area contributed by atoms with Crippen molar-refractivity contribution in [2.24, 2.45) is 5.92 Å². The summed E-state index contributed by atoms with van der Waals surface area (Å²) in [6.07, 6.45) is 0. The van der Waals surface area contributed by atoms with E-state index in [1.807, 2.05) is 13.8 Å². The molecule has 0 fully saturated rings. The average molecular weight is 355 g/mol. The Kier molecular flexibility index (Phi) is 4.75. The van der Waals surface area contributed by atoms with Gasteiger partial charge in [-0.1, -0.05) is 26.0 Å². The van der Waals surface area contributed by atoms with Crippen LogP contribution in [0.2, 0.25) is 0 Å². The highest BCUT2D eigenvalue weighted by Gasteiger charge is 2.40. The lowest BCUT2D eigenvalue weighted by Crippen LogP contribution is -2.31. The molecule has 1 aliphatic heterocycles. The molecular weight excluding hydrogens is 337 g/mol. The number of hydrogen-bond acceptors (Lipinski definition) is 4. The molecule has 5 nitrogen and oxygen atoms in total. The summed E-state index contributed by atoms with van der Waals surface area (Å²) in [6, 6.07) is 11.5. The van der Waals surface area contributed by atoms with Gasteiger partial charge >= 0.3 is 5.91 Å². The monoisotopic (exact) mass is 355 g/mol. The molecule has 1 aliphatic rings. The zero-order chi connectivity index (χ0) is 18.8. The zero-order valence-corrected chi connectivity index (χ0v) is 14.4. The Bertz CT molecular complexity index is 870. The van der Waals surface area contributed by atoms with E-state index in [0.29, 0.717) is 23.8 Å². The fourth-order valence-electron chi connectivity index (χ4n) is 2.58. The maximum Gasteiger partial charge on any atom is 0.301 e. The van der Waals surface area contributed by atoms with E-state index in [0.717, 1.165) is 17.0 Å². The van der Waals surface area contributed by atoms with Crippen LogP contribution in [0.25, 0.3) is 5.57 Å². The minimum absolute atomic E-state index is 0.0882. The summed E-state index contributed by atoms with van der Waals surface area (Å²) in [5.41, 5.74) is 0.511. The van der Waals surface area contributed by atoms with Gasteiger partial charge in [-0.2, -0.15) is 0 Å². The Labute approximate surface area is 150 Å². The highest BCUT2D eigenvalue weighted by atomic mass is 19.1. The molecule has 0 atom stereocenters. The van der Waals surface area contributed by atoms with Crippen LogP contribution in [0.15, 0.2) is 54.3 Å². The molecule has 2 aromatic rings. The van der Waals surface area contributed by atoms with Gasteiger partial charge in [-0.25, -0.2) is 9.29 Å². The van der Waals surface area contributed by atoms with E-state index in [4.69, 9.17) is 4.74 Å². The first-order valence-electron chi connectivity index (χ1n) is 8.19. The van der Waals surface area contributed by atoms with E-state index < -0.39 is 23.4 Å². The molecule has 1 heterocycles. The largest absolute Gasteiger partial charge is 0.502 e. The SMILES string of the molecule is CC(C)COc1ccc(C2=C(O)C(=O)N(c3ccc(F)cc3)C2=O)cc1. The number of amides is 2. The molecule has 0 saturated carbocycles. The van der Waals surface area contributed by atoms with Crippen molar-refractivity contribution in [2.75, 3.05) is 11.5 Å². The Morgan fingerprint density at radius 3 is 2.19 bits per heavy atom. The van der Waals surface area contributed by atoms with Crippen LogP contribution in [0.4, 0.5) is 10.1 Å². The lowest BCUT2D eigenvalue weighted by Gasteiger charge is -2.14. The summed E-state index contributed by atoms with van der Waals surface area (Å²) in [4.78, 5) is 25.8. The molecule has 0 aromatic heterocycles. The highest BCUT2D eigenvalue weighted by Crippen LogP contribution is 2.32. The minimum atomic E-state index is -0.836. The molecule has 0 saturated heterocycles. The van der Waals surface area contributed by atoms with E-state index in [9.17, 15) is 19.1 Å². The Balaban J connectivity index is 1.87. The number of ether oxygens (including phenoxy) is 1. The summed E-state index contributed by atoms with van der Waals surface area (Å²) in [7, 11) is 0. The topological polar surface area (TPSA) is 66.8 Å². The summed E-state index contributed by atoms with van der Waals surface area (Å²) in [5, 5.41) is 10.2. The molecule has 3 rings (SSSR count). The van der Waals surface area contributed by atoms with Crippen LogP contribution in [-0.4, -0.2) is 23.5 Å². The third-order valence-corrected chi connectivity index (χ3v) is 3.87. The number of halogens is 1. The first-order valence-corrected chi connectivity index (χ1v) is 8.19. The van der Waals surface area contributed by atoms with Crippen LogP contribution < -0.4 is 9.64 Å². The molecule has 0 unspecified atom stereocenters. The number of imide groups is 1. The van der Waals surface area contributed by atoms with E-state index in [-0.39, 0.29) is 11.3 Å². The van der Waals surface area contributed by atoms with Crippen molar-refractivity contribution in [3.8, 4) is 5.75 Å². The average Bonchev–Trinajstić information content (AvgIpc) is 2.84. The second-order valence-electron chi connectivity index (χ2n) is 6.37. The Morgan fingerprint density at radius 2 is 1.62 bits per heavy atom. The first-order chi connectivity index (χ1) is 12.4. The molecule has 2 amide bonds. The van der Waals surface area contributed by atoms with Crippen LogP contribution in [0, 0.1) is 11.7 Å². The molecule has 1 N–H and O–H groups in total. The second kappa shape index (κ2) is 7.00. The lowest BCUT2D eigenvalue weighted by molar-refractivity contribution is -0.121. The van der Waals surface area contributed by atoms with E-state index in [1.165, 1.54) is 12.1 Å². The predicted octanol–water partition coefficient (Wildman–Crippen LogP) is 3.70. The van der Waals surface area contributed by atoms with Crippen molar-refractivity contribution < 1.29 is 23.8 Å². The fourth-order valence-corrected chi connectivity index (χ4v) is 2.58. The number of hydrogen-bond donors (Lipinski definition) is 1. The standard InChI is InChI=1S/C20H18FNO4/c1-12(2)11-26-16-9-3-13(4-10-16)17-18(23)20(25)22(19(17)24)15-7-5-14(21)6-8-15/h3-10,12,23H,11H2,1-2H3. The van der Waals surface area contributed by atoms with Gasteiger partial charge in [-0.3, -0.25) is 9.59 Å². The van der Waals surface area contributed by atoms with Crippen molar-refractivity contribution >= 4 is 23.1 Å². The van der Waals surface area contributed by atoms with Crippen molar-refractivity contribution in [1.82, 2.24) is 0 Å². The van der Waals surface area contributed by atoms with Gasteiger partial charge < -0.3 is 9.84 Å². The summed E-state index contributed by atoms with van der Waals surface area (Å²) >= 11 is 0. The van der Waals surface area contributed by atoms with Gasteiger partial charge in [0.1, 0.15) is 11.6 Å². The first kappa shape index (κ1) is 17.7. The number of carbonyl (C=O) groups excluding carboxylic acids is 2. The third-order valence-electron chi connectivity index (χ3n) is 3.87. The van der Waals surface area contributed by atoms with Crippen LogP contribution in [0.3, 0.4) is 0 Å². The molecule has 0 aliphatic carbocycles. The molecule has 6 heteroatoms. The lowest BCUT2D eigenvalue weighted by atomic mass is 10.1. The minimum Gasteiger partial charge on any atom is -0.502 e. The summed E-state index contributed by atoms with van der Waals surface area (Å²) in [5.74, 6) is -1.60. The van der Waals surface area contributed by atoms with Gasteiger partial charge in [0.2, 0.25) is 0 Å². The predicted molar refractivity (Wildman–Crippen MR) is 95.2 cm³/mol. The van der Waals surface area contributed by atoms with Crippen LogP contribution in [0.1, 0.15) is 19.4 Å². The number of nitrogens with zero attached hydrogens (tertiary/aromatic N) is 1. The maximum absolute atomic E-state index is 13.1. The van der Waals surface area contributed by atoms with E-state index in [2.05, 4.69) is 0 Å². The second-order valence-corrected chi connectivity index (χ2v) is 6.37. The van der Waals surface area contributed by atoms with Gasteiger partial charge in [0, 0.05) is 0 Å². The van der Waals surface area contributed by atoms with Crippen molar-refractivity contribution in [3.05, 3.63) is 65.7 Å². The molecule has 0 bridgehead atoms. The van der Waals surface area contributed by atoms with Crippen LogP contribution in [-0.2, 0) is 9.59 Å². The van der Waals surface area contributed by atoms with E-state index >= 15 is 0 Å². The molecule has 134 valence electrons. The number of anilines is 1. The van der Waals surface area contributed by atoms with Crippen LogP contribution in [0.5, 0.6) is 5.75 Å². The summed E-state index contributed by atoms with van der Waals surface area (Å²) < 4.78 is 18.7.